The maximum Gasteiger partial charge on any atom is 0.422 e. The molecule has 2 N–H and O–H groups in total. The standard InChI is InChI=1S/C19H21ClF3N3O2/c1-24-18(26-11-14-5-3-4-6-15(14)20)25-10-13-7-8-16(17(9-13)27-2)28-12-19(21,22)23/h3-9H,10-12H2,1-2H3,(H2,24,25,26). The van der Waals surface area contributed by atoms with Crippen molar-refractivity contribution >= 4 is 17.6 Å². The number of hydrogen-bond donors (Lipinski definition) is 2. The maximum atomic E-state index is 12.3. The van der Waals surface area contributed by atoms with Gasteiger partial charge in [-0.25, -0.2) is 0 Å². The molecular formula is C19H21ClF3N3O2. The van der Waals surface area contributed by atoms with Crippen LogP contribution in [-0.2, 0) is 13.1 Å². The molecule has 2 rings (SSSR count). The molecule has 0 saturated heterocycles. The van der Waals surface area contributed by atoms with Gasteiger partial charge in [0.25, 0.3) is 0 Å². The molecule has 0 bridgehead atoms. The minimum atomic E-state index is -4.41. The topological polar surface area (TPSA) is 54.9 Å². The van der Waals surface area contributed by atoms with E-state index in [1.165, 1.54) is 13.2 Å². The van der Waals surface area contributed by atoms with Crippen LogP contribution < -0.4 is 20.1 Å². The Labute approximate surface area is 166 Å². The van der Waals surface area contributed by atoms with Crippen molar-refractivity contribution in [1.29, 1.82) is 0 Å². The number of methoxy groups -OCH3 is 1. The number of alkyl halides is 3. The van der Waals surface area contributed by atoms with Crippen LogP contribution in [0.25, 0.3) is 0 Å². The van der Waals surface area contributed by atoms with Crippen LogP contribution in [0.1, 0.15) is 11.1 Å². The van der Waals surface area contributed by atoms with E-state index in [0.717, 1.165) is 11.1 Å². The van der Waals surface area contributed by atoms with Crippen LogP contribution in [0.2, 0.25) is 5.02 Å². The van der Waals surface area contributed by atoms with Crippen LogP contribution >= 0.6 is 11.6 Å². The summed E-state index contributed by atoms with van der Waals surface area (Å²) in [5.74, 6) is 0.809. The highest BCUT2D eigenvalue weighted by atomic mass is 35.5. The molecule has 152 valence electrons. The summed E-state index contributed by atoms with van der Waals surface area (Å²) in [4.78, 5) is 4.13. The van der Waals surface area contributed by atoms with Gasteiger partial charge in [0.15, 0.2) is 24.1 Å². The fourth-order valence-corrected chi connectivity index (χ4v) is 2.53. The number of nitrogens with zero attached hydrogens (tertiary/aromatic N) is 1. The zero-order valence-electron chi connectivity index (χ0n) is 15.4. The van der Waals surface area contributed by atoms with E-state index >= 15 is 0 Å². The first-order valence-electron chi connectivity index (χ1n) is 8.37. The zero-order chi connectivity index (χ0) is 20.6. The van der Waals surface area contributed by atoms with E-state index in [4.69, 9.17) is 21.1 Å². The lowest BCUT2D eigenvalue weighted by Crippen LogP contribution is -2.36. The van der Waals surface area contributed by atoms with Gasteiger partial charge in [0.2, 0.25) is 0 Å². The van der Waals surface area contributed by atoms with Gasteiger partial charge in [0, 0.05) is 25.2 Å². The Kier molecular flexibility index (Phi) is 7.80. The number of ether oxygens (including phenoxy) is 2. The summed E-state index contributed by atoms with van der Waals surface area (Å²) >= 11 is 6.13. The number of rotatable bonds is 7. The van der Waals surface area contributed by atoms with Gasteiger partial charge < -0.3 is 20.1 Å². The maximum absolute atomic E-state index is 12.3. The van der Waals surface area contributed by atoms with Crippen molar-refractivity contribution in [2.75, 3.05) is 20.8 Å². The van der Waals surface area contributed by atoms with E-state index < -0.39 is 12.8 Å². The molecule has 0 heterocycles. The molecule has 28 heavy (non-hydrogen) atoms. The molecule has 0 spiro atoms. The second-order valence-electron chi connectivity index (χ2n) is 5.76. The van der Waals surface area contributed by atoms with E-state index in [1.54, 1.807) is 19.2 Å². The van der Waals surface area contributed by atoms with Crippen LogP contribution in [0.3, 0.4) is 0 Å². The Hall–Kier alpha value is -2.61. The quantitative estimate of drug-likeness (QED) is 0.527. The van der Waals surface area contributed by atoms with Crippen LogP contribution in [0.5, 0.6) is 11.5 Å². The lowest BCUT2D eigenvalue weighted by molar-refractivity contribution is -0.153. The first-order valence-corrected chi connectivity index (χ1v) is 8.74. The van der Waals surface area contributed by atoms with E-state index in [-0.39, 0.29) is 11.5 Å². The Balaban J connectivity index is 1.94. The Morgan fingerprint density at radius 2 is 1.79 bits per heavy atom. The lowest BCUT2D eigenvalue weighted by atomic mass is 10.2. The van der Waals surface area contributed by atoms with Gasteiger partial charge in [-0.1, -0.05) is 35.9 Å². The summed E-state index contributed by atoms with van der Waals surface area (Å²) in [5.41, 5.74) is 1.72. The van der Waals surface area contributed by atoms with Crippen molar-refractivity contribution < 1.29 is 22.6 Å². The molecule has 0 aliphatic carbocycles. The summed E-state index contributed by atoms with van der Waals surface area (Å²) < 4.78 is 46.9. The fraction of sp³-hybridized carbons (Fsp3) is 0.316. The highest BCUT2D eigenvalue weighted by Crippen LogP contribution is 2.29. The normalized spacial score (nSPS) is 11.9. The van der Waals surface area contributed by atoms with Crippen molar-refractivity contribution in [1.82, 2.24) is 10.6 Å². The summed E-state index contributed by atoms with van der Waals surface area (Å²) in [6.07, 6.45) is -4.41. The number of nitrogens with one attached hydrogen (secondary N) is 2. The van der Waals surface area contributed by atoms with Gasteiger partial charge in [-0.05, 0) is 29.3 Å². The van der Waals surface area contributed by atoms with Crippen molar-refractivity contribution in [2.45, 2.75) is 19.3 Å². The number of hydrogen-bond acceptors (Lipinski definition) is 3. The molecule has 9 heteroatoms. The molecular weight excluding hydrogens is 395 g/mol. The molecule has 0 aromatic heterocycles. The van der Waals surface area contributed by atoms with E-state index in [1.807, 2.05) is 24.3 Å². The molecule has 5 nitrogen and oxygen atoms in total. The molecule has 0 unspecified atom stereocenters. The third-order valence-corrected chi connectivity index (χ3v) is 4.08. The average Bonchev–Trinajstić information content (AvgIpc) is 2.67. The molecule has 0 saturated carbocycles. The first kappa shape index (κ1) is 21.7. The SMILES string of the molecule is CN=C(NCc1ccc(OCC(F)(F)F)c(OC)c1)NCc1ccccc1Cl. The first-order chi connectivity index (χ1) is 13.3. The Morgan fingerprint density at radius 3 is 2.43 bits per heavy atom. The fourth-order valence-electron chi connectivity index (χ4n) is 2.33. The molecule has 2 aromatic carbocycles. The number of guanidine groups is 1. The van der Waals surface area contributed by atoms with Crippen molar-refractivity contribution in [2.24, 2.45) is 4.99 Å². The van der Waals surface area contributed by atoms with E-state index in [0.29, 0.717) is 24.1 Å². The summed E-state index contributed by atoms with van der Waals surface area (Å²) in [6.45, 7) is -0.495. The molecule has 0 radical (unpaired) electrons. The predicted octanol–water partition coefficient (Wildman–Crippen LogP) is 4.15. The minimum absolute atomic E-state index is 0.0322. The van der Waals surface area contributed by atoms with E-state index in [2.05, 4.69) is 15.6 Å². The van der Waals surface area contributed by atoms with Gasteiger partial charge in [-0.2, -0.15) is 13.2 Å². The van der Waals surface area contributed by atoms with Crippen molar-refractivity contribution in [3.05, 3.63) is 58.6 Å². The Morgan fingerprint density at radius 1 is 1.07 bits per heavy atom. The van der Waals surface area contributed by atoms with Crippen LogP contribution in [0.4, 0.5) is 13.2 Å². The summed E-state index contributed by atoms with van der Waals surface area (Å²) in [6, 6.07) is 12.2. The van der Waals surface area contributed by atoms with Gasteiger partial charge in [0.05, 0.1) is 7.11 Å². The summed E-state index contributed by atoms with van der Waals surface area (Å²) in [7, 11) is 3.01. The lowest BCUT2D eigenvalue weighted by Gasteiger charge is -2.15. The second kappa shape index (κ2) is 10.1. The van der Waals surface area contributed by atoms with Gasteiger partial charge in [-0.15, -0.1) is 0 Å². The summed E-state index contributed by atoms with van der Waals surface area (Å²) in [5, 5.41) is 6.93. The Bertz CT molecular complexity index is 813. The van der Waals surface area contributed by atoms with Crippen LogP contribution in [-0.4, -0.2) is 32.9 Å². The van der Waals surface area contributed by atoms with Crippen LogP contribution in [0.15, 0.2) is 47.5 Å². The highest BCUT2D eigenvalue weighted by Gasteiger charge is 2.29. The molecule has 0 fully saturated rings. The number of halogens is 4. The molecule has 0 aliphatic heterocycles. The zero-order valence-corrected chi connectivity index (χ0v) is 16.2. The molecule has 0 atom stereocenters. The monoisotopic (exact) mass is 415 g/mol. The third-order valence-electron chi connectivity index (χ3n) is 3.71. The molecule has 0 amide bonds. The minimum Gasteiger partial charge on any atom is -0.493 e. The van der Waals surface area contributed by atoms with E-state index in [9.17, 15) is 13.2 Å². The number of benzene rings is 2. The smallest absolute Gasteiger partial charge is 0.422 e. The van der Waals surface area contributed by atoms with Gasteiger partial charge in [0.1, 0.15) is 0 Å². The number of aliphatic imine (C=N–C) groups is 1. The molecule has 2 aromatic rings. The van der Waals surface area contributed by atoms with Crippen molar-refractivity contribution in [3.8, 4) is 11.5 Å². The van der Waals surface area contributed by atoms with Gasteiger partial charge >= 0.3 is 6.18 Å². The highest BCUT2D eigenvalue weighted by molar-refractivity contribution is 6.31. The third kappa shape index (κ3) is 6.84. The van der Waals surface area contributed by atoms with Crippen molar-refractivity contribution in [3.63, 3.8) is 0 Å². The molecule has 0 aliphatic rings. The predicted molar refractivity (Wildman–Crippen MR) is 103 cm³/mol. The van der Waals surface area contributed by atoms with Crippen LogP contribution in [0, 0.1) is 0 Å². The largest absolute Gasteiger partial charge is 0.493 e. The van der Waals surface area contributed by atoms with Gasteiger partial charge in [-0.3, -0.25) is 4.99 Å². The second-order valence-corrected chi connectivity index (χ2v) is 6.17. The average molecular weight is 416 g/mol.